The molecule has 0 aromatic heterocycles. The van der Waals surface area contributed by atoms with Gasteiger partial charge in [-0.3, -0.25) is 9.69 Å². The zero-order valence-corrected chi connectivity index (χ0v) is 16.7. The van der Waals surface area contributed by atoms with E-state index < -0.39 is 0 Å². The summed E-state index contributed by atoms with van der Waals surface area (Å²) in [5.74, 6) is 1.89. The van der Waals surface area contributed by atoms with Crippen molar-refractivity contribution in [2.75, 3.05) is 26.2 Å². The van der Waals surface area contributed by atoms with E-state index >= 15 is 0 Å². The number of nitrogens with zero attached hydrogens (tertiary/aromatic N) is 2. The molecule has 2 heterocycles. The van der Waals surface area contributed by atoms with E-state index in [2.05, 4.69) is 46.2 Å². The van der Waals surface area contributed by atoms with Gasteiger partial charge >= 0.3 is 0 Å². The van der Waals surface area contributed by atoms with Gasteiger partial charge in [0.25, 0.3) is 0 Å². The topological polar surface area (TPSA) is 32.8 Å². The Kier molecular flexibility index (Phi) is 5.96. The highest BCUT2D eigenvalue weighted by molar-refractivity contribution is 5.81. The predicted octanol–water partition coefficient (Wildman–Crippen LogP) is 3.75. The number of para-hydroxylation sites is 1. The first-order valence-corrected chi connectivity index (χ1v) is 10.5. The minimum atomic E-state index is -0.111. The zero-order valence-electron chi connectivity index (χ0n) is 16.7. The second-order valence-electron chi connectivity index (χ2n) is 8.06. The third-order valence-corrected chi connectivity index (χ3v) is 6.18. The molecule has 0 bridgehead atoms. The number of carbonyl (C=O) groups excluding carboxylic acids is 1. The van der Waals surface area contributed by atoms with Crippen molar-refractivity contribution in [1.82, 2.24) is 9.80 Å². The third-order valence-electron chi connectivity index (χ3n) is 6.18. The van der Waals surface area contributed by atoms with Gasteiger partial charge in [-0.1, -0.05) is 48.5 Å². The summed E-state index contributed by atoms with van der Waals surface area (Å²) in [6.07, 6.45) is 3.32. The monoisotopic (exact) mass is 378 g/mol. The smallest absolute Gasteiger partial charge is 0.239 e. The molecule has 148 valence electrons. The Bertz CT molecular complexity index is 784. The number of amides is 1. The van der Waals surface area contributed by atoms with Crippen molar-refractivity contribution >= 4 is 5.91 Å². The second kappa shape index (κ2) is 8.78. The van der Waals surface area contributed by atoms with Crippen LogP contribution in [-0.2, 0) is 17.8 Å². The van der Waals surface area contributed by atoms with Crippen LogP contribution in [0.3, 0.4) is 0 Å². The second-order valence-corrected chi connectivity index (χ2v) is 8.06. The minimum Gasteiger partial charge on any atom is -0.492 e. The van der Waals surface area contributed by atoms with E-state index in [1.54, 1.807) is 0 Å². The Hall–Kier alpha value is -2.33. The number of ether oxygens (including phenoxy) is 1. The van der Waals surface area contributed by atoms with E-state index in [4.69, 9.17) is 4.74 Å². The highest BCUT2D eigenvalue weighted by atomic mass is 16.5. The van der Waals surface area contributed by atoms with Gasteiger partial charge in [-0.2, -0.15) is 0 Å². The van der Waals surface area contributed by atoms with E-state index in [1.165, 1.54) is 11.1 Å². The molecule has 4 nitrogen and oxygen atoms in total. The Morgan fingerprint density at radius 2 is 1.75 bits per heavy atom. The molecule has 0 radical (unpaired) electrons. The van der Waals surface area contributed by atoms with Gasteiger partial charge in [-0.25, -0.2) is 0 Å². The first kappa shape index (κ1) is 19.0. The van der Waals surface area contributed by atoms with E-state index in [9.17, 15) is 4.79 Å². The van der Waals surface area contributed by atoms with Crippen LogP contribution in [0.1, 0.15) is 30.9 Å². The van der Waals surface area contributed by atoms with Crippen molar-refractivity contribution in [3.63, 3.8) is 0 Å². The fourth-order valence-electron chi connectivity index (χ4n) is 4.40. The molecule has 0 saturated carbocycles. The van der Waals surface area contributed by atoms with Gasteiger partial charge in [0.2, 0.25) is 5.91 Å². The summed E-state index contributed by atoms with van der Waals surface area (Å²) in [5.41, 5.74) is 2.57. The number of fused-ring (bicyclic) bond motifs is 1. The summed E-state index contributed by atoms with van der Waals surface area (Å²) in [4.78, 5) is 17.5. The standard InChI is InChI=1S/C24H30N2O2/c1-19(26-15-16-28-23-10-6-5-9-22(23)18-26)24(27)25-13-11-21(12-14-25)17-20-7-3-2-4-8-20/h2-10,19,21H,11-18H2,1H3. The van der Waals surface area contributed by atoms with Crippen LogP contribution < -0.4 is 4.74 Å². The Balaban J connectivity index is 1.32. The van der Waals surface area contributed by atoms with Gasteiger partial charge in [-0.15, -0.1) is 0 Å². The van der Waals surface area contributed by atoms with Gasteiger partial charge in [0, 0.05) is 31.7 Å². The van der Waals surface area contributed by atoms with Crippen molar-refractivity contribution in [3.8, 4) is 5.75 Å². The summed E-state index contributed by atoms with van der Waals surface area (Å²) < 4.78 is 5.86. The molecule has 2 aromatic rings. The molecule has 1 atom stereocenters. The molecule has 4 heteroatoms. The fourth-order valence-corrected chi connectivity index (χ4v) is 4.40. The zero-order chi connectivity index (χ0) is 19.3. The van der Waals surface area contributed by atoms with Crippen molar-refractivity contribution in [2.24, 2.45) is 5.92 Å². The molecule has 1 fully saturated rings. The molecule has 28 heavy (non-hydrogen) atoms. The Morgan fingerprint density at radius 1 is 1.04 bits per heavy atom. The van der Waals surface area contributed by atoms with Crippen LogP contribution in [0.5, 0.6) is 5.75 Å². The number of rotatable bonds is 4. The molecule has 0 N–H and O–H groups in total. The molecule has 4 rings (SSSR count). The lowest BCUT2D eigenvalue weighted by atomic mass is 9.90. The maximum Gasteiger partial charge on any atom is 0.239 e. The van der Waals surface area contributed by atoms with Crippen LogP contribution in [0.2, 0.25) is 0 Å². The number of benzene rings is 2. The average molecular weight is 379 g/mol. The van der Waals surface area contributed by atoms with E-state index in [-0.39, 0.29) is 11.9 Å². The number of likely N-dealkylation sites (tertiary alicyclic amines) is 1. The van der Waals surface area contributed by atoms with Crippen LogP contribution in [0, 0.1) is 5.92 Å². The first-order chi connectivity index (χ1) is 13.7. The number of piperidine rings is 1. The highest BCUT2D eigenvalue weighted by Gasteiger charge is 2.30. The third kappa shape index (κ3) is 4.39. The summed E-state index contributed by atoms with van der Waals surface area (Å²) in [7, 11) is 0. The van der Waals surface area contributed by atoms with Crippen molar-refractivity contribution < 1.29 is 9.53 Å². The van der Waals surface area contributed by atoms with Gasteiger partial charge in [0.15, 0.2) is 0 Å². The van der Waals surface area contributed by atoms with Crippen LogP contribution in [-0.4, -0.2) is 48.0 Å². The quantitative estimate of drug-likeness (QED) is 0.812. The molecule has 1 amide bonds. The average Bonchev–Trinajstić information content (AvgIpc) is 2.96. The normalized spacial score (nSPS) is 19.4. The number of hydrogen-bond acceptors (Lipinski definition) is 3. The predicted molar refractivity (Wildman–Crippen MR) is 111 cm³/mol. The Labute approximate surface area is 168 Å². The lowest BCUT2D eigenvalue weighted by Gasteiger charge is -2.36. The van der Waals surface area contributed by atoms with Gasteiger partial charge in [0.1, 0.15) is 12.4 Å². The van der Waals surface area contributed by atoms with Crippen LogP contribution in [0.15, 0.2) is 54.6 Å². The van der Waals surface area contributed by atoms with Crippen LogP contribution in [0.25, 0.3) is 0 Å². The highest BCUT2D eigenvalue weighted by Crippen LogP contribution is 2.26. The summed E-state index contributed by atoms with van der Waals surface area (Å²) in [5, 5.41) is 0. The molecule has 0 aliphatic carbocycles. The minimum absolute atomic E-state index is 0.111. The lowest BCUT2D eigenvalue weighted by molar-refractivity contribution is -0.138. The Morgan fingerprint density at radius 3 is 2.54 bits per heavy atom. The lowest BCUT2D eigenvalue weighted by Crippen LogP contribution is -2.49. The molecular weight excluding hydrogens is 348 g/mol. The first-order valence-electron chi connectivity index (χ1n) is 10.5. The number of carbonyl (C=O) groups is 1. The van der Waals surface area contributed by atoms with Crippen molar-refractivity contribution in [1.29, 1.82) is 0 Å². The van der Waals surface area contributed by atoms with Gasteiger partial charge < -0.3 is 9.64 Å². The summed E-state index contributed by atoms with van der Waals surface area (Å²) >= 11 is 0. The van der Waals surface area contributed by atoms with E-state index in [0.29, 0.717) is 12.5 Å². The molecule has 1 saturated heterocycles. The van der Waals surface area contributed by atoms with Gasteiger partial charge in [-0.05, 0) is 43.7 Å². The van der Waals surface area contributed by atoms with Crippen molar-refractivity contribution in [2.45, 2.75) is 38.8 Å². The number of hydrogen-bond donors (Lipinski definition) is 0. The van der Waals surface area contributed by atoms with Crippen LogP contribution >= 0.6 is 0 Å². The fraction of sp³-hybridized carbons (Fsp3) is 0.458. The molecule has 2 aliphatic heterocycles. The van der Waals surface area contributed by atoms with Crippen molar-refractivity contribution in [3.05, 3.63) is 65.7 Å². The van der Waals surface area contributed by atoms with Crippen LogP contribution in [0.4, 0.5) is 0 Å². The molecule has 1 unspecified atom stereocenters. The summed E-state index contributed by atoms with van der Waals surface area (Å²) in [6.45, 7) is 5.99. The van der Waals surface area contributed by atoms with E-state index in [1.807, 2.05) is 25.1 Å². The SMILES string of the molecule is CC(C(=O)N1CCC(Cc2ccccc2)CC1)N1CCOc2ccccc2C1. The van der Waals surface area contributed by atoms with E-state index in [0.717, 1.165) is 51.2 Å². The maximum atomic E-state index is 13.1. The summed E-state index contributed by atoms with van der Waals surface area (Å²) in [6, 6.07) is 18.7. The molecule has 2 aromatic carbocycles. The molecule has 0 spiro atoms. The molecule has 2 aliphatic rings. The largest absolute Gasteiger partial charge is 0.492 e. The van der Waals surface area contributed by atoms with Gasteiger partial charge in [0.05, 0.1) is 6.04 Å². The maximum absolute atomic E-state index is 13.1. The molecular formula is C24H30N2O2.